The number of aromatic nitrogens is 1. The van der Waals surface area contributed by atoms with Gasteiger partial charge in [0.15, 0.2) is 4.80 Å². The van der Waals surface area contributed by atoms with Crippen LogP contribution in [0.4, 0.5) is 5.69 Å². The highest BCUT2D eigenvalue weighted by Gasteiger charge is 2.29. The zero-order chi connectivity index (χ0) is 25.1. The van der Waals surface area contributed by atoms with Gasteiger partial charge in [-0.05, 0) is 67.8 Å². The fraction of sp³-hybridized carbons (Fsp3) is 0.259. The lowest BCUT2D eigenvalue weighted by Gasteiger charge is -2.30. The molecule has 1 aliphatic heterocycles. The van der Waals surface area contributed by atoms with Crippen molar-refractivity contribution in [1.29, 1.82) is 0 Å². The van der Waals surface area contributed by atoms with Gasteiger partial charge in [-0.2, -0.15) is 4.99 Å². The van der Waals surface area contributed by atoms with Gasteiger partial charge in [-0.15, -0.1) is 0 Å². The van der Waals surface area contributed by atoms with Crippen molar-refractivity contribution < 1.29 is 17.9 Å². The van der Waals surface area contributed by atoms with E-state index in [4.69, 9.17) is 4.74 Å². The summed E-state index contributed by atoms with van der Waals surface area (Å²) in [6.45, 7) is 4.09. The standard InChI is InChI=1S/C27H27N3O4S2/c1-2-34-19-18-29-24-11-5-6-12-25(24)35-27(29)28-26(31)21-13-15-22(16-14-21)36(32,33)30-17-7-9-20-8-3-4-10-23(20)30/h3-6,8,10-16H,2,7,9,17-19H2,1H3. The van der Waals surface area contributed by atoms with E-state index in [1.165, 1.54) is 39.9 Å². The summed E-state index contributed by atoms with van der Waals surface area (Å²) in [5, 5.41) is 0. The molecular formula is C27H27N3O4S2. The van der Waals surface area contributed by atoms with Crippen molar-refractivity contribution >= 4 is 43.2 Å². The molecule has 0 bridgehead atoms. The SMILES string of the molecule is CCOCCn1c(=NC(=O)c2ccc(S(=O)(=O)N3CCCc4ccccc43)cc2)sc2ccccc21. The van der Waals surface area contributed by atoms with E-state index in [-0.39, 0.29) is 4.90 Å². The Bertz CT molecular complexity index is 1570. The molecule has 0 atom stereocenters. The Labute approximate surface area is 214 Å². The summed E-state index contributed by atoms with van der Waals surface area (Å²) in [6.07, 6.45) is 1.63. The number of ether oxygens (including phenoxy) is 1. The van der Waals surface area contributed by atoms with Crippen molar-refractivity contribution in [2.75, 3.05) is 24.1 Å². The van der Waals surface area contributed by atoms with E-state index in [2.05, 4.69) is 4.99 Å². The maximum atomic E-state index is 13.4. The zero-order valence-electron chi connectivity index (χ0n) is 20.0. The number of para-hydroxylation sites is 2. The van der Waals surface area contributed by atoms with Crippen molar-refractivity contribution in [3.8, 4) is 0 Å². The van der Waals surface area contributed by atoms with Crippen LogP contribution in [0.3, 0.4) is 0 Å². The molecule has 1 aliphatic rings. The van der Waals surface area contributed by atoms with Crippen LogP contribution in [0.1, 0.15) is 29.3 Å². The Morgan fingerprint density at radius 1 is 1.03 bits per heavy atom. The van der Waals surface area contributed by atoms with Crippen LogP contribution in [-0.2, 0) is 27.7 Å². The molecule has 0 unspecified atom stereocenters. The number of hydrogen-bond acceptors (Lipinski definition) is 5. The number of benzene rings is 3. The van der Waals surface area contributed by atoms with E-state index in [1.807, 2.05) is 60.0 Å². The number of fused-ring (bicyclic) bond motifs is 2. The molecule has 1 aromatic heterocycles. The Morgan fingerprint density at radius 3 is 2.58 bits per heavy atom. The molecule has 3 aromatic carbocycles. The molecule has 0 N–H and O–H groups in total. The number of aryl methyl sites for hydroxylation is 1. The van der Waals surface area contributed by atoms with Crippen molar-refractivity contribution in [3.63, 3.8) is 0 Å². The van der Waals surface area contributed by atoms with Gasteiger partial charge in [0, 0.05) is 25.3 Å². The quantitative estimate of drug-likeness (QED) is 0.332. The Hall–Kier alpha value is -3.27. The van der Waals surface area contributed by atoms with E-state index in [0.717, 1.165) is 34.3 Å². The molecule has 2 heterocycles. The number of carbonyl (C=O) groups is 1. The summed E-state index contributed by atoms with van der Waals surface area (Å²) in [5.74, 6) is -0.418. The van der Waals surface area contributed by atoms with Gasteiger partial charge in [-0.1, -0.05) is 41.7 Å². The van der Waals surface area contributed by atoms with Crippen LogP contribution in [0.2, 0.25) is 0 Å². The van der Waals surface area contributed by atoms with Gasteiger partial charge in [0.25, 0.3) is 15.9 Å². The summed E-state index contributed by atoms with van der Waals surface area (Å²) in [4.78, 5) is 18.2. The molecule has 1 amide bonds. The molecular weight excluding hydrogens is 494 g/mol. The second kappa shape index (κ2) is 10.4. The van der Waals surface area contributed by atoms with Crippen molar-refractivity contribution in [2.45, 2.75) is 31.2 Å². The number of amides is 1. The second-order valence-corrected chi connectivity index (χ2v) is 11.3. The van der Waals surface area contributed by atoms with Gasteiger partial charge >= 0.3 is 0 Å². The van der Waals surface area contributed by atoms with E-state index in [1.54, 1.807) is 0 Å². The Kier molecular flexibility index (Phi) is 7.04. The van der Waals surface area contributed by atoms with E-state index < -0.39 is 15.9 Å². The minimum absolute atomic E-state index is 0.157. The molecule has 0 aliphatic carbocycles. The number of sulfonamides is 1. The summed E-state index contributed by atoms with van der Waals surface area (Å²) in [6, 6.07) is 21.5. The van der Waals surface area contributed by atoms with Crippen LogP contribution in [0, 0.1) is 0 Å². The average Bonchev–Trinajstić information content (AvgIpc) is 3.25. The van der Waals surface area contributed by atoms with Gasteiger partial charge in [0.2, 0.25) is 0 Å². The van der Waals surface area contributed by atoms with Crippen LogP contribution >= 0.6 is 11.3 Å². The summed E-state index contributed by atoms with van der Waals surface area (Å²) in [7, 11) is -3.74. The maximum absolute atomic E-state index is 13.4. The number of nitrogens with zero attached hydrogens (tertiary/aromatic N) is 3. The third kappa shape index (κ3) is 4.74. The monoisotopic (exact) mass is 521 g/mol. The smallest absolute Gasteiger partial charge is 0.279 e. The van der Waals surface area contributed by atoms with Crippen LogP contribution < -0.4 is 9.11 Å². The number of anilines is 1. The third-order valence-electron chi connectivity index (χ3n) is 6.21. The maximum Gasteiger partial charge on any atom is 0.279 e. The zero-order valence-corrected chi connectivity index (χ0v) is 21.6. The molecule has 0 saturated carbocycles. The number of thiazole rings is 1. The minimum atomic E-state index is -3.74. The molecule has 4 aromatic rings. The van der Waals surface area contributed by atoms with Crippen molar-refractivity contribution in [2.24, 2.45) is 4.99 Å². The lowest BCUT2D eigenvalue weighted by Crippen LogP contribution is -2.35. The van der Waals surface area contributed by atoms with Crippen molar-refractivity contribution in [3.05, 3.63) is 88.7 Å². The van der Waals surface area contributed by atoms with Gasteiger partial charge in [-0.25, -0.2) is 8.42 Å². The highest BCUT2D eigenvalue weighted by atomic mass is 32.2. The first-order valence-corrected chi connectivity index (χ1v) is 14.2. The van der Waals surface area contributed by atoms with Crippen LogP contribution in [-0.4, -0.2) is 38.7 Å². The molecule has 7 nitrogen and oxygen atoms in total. The number of hydrogen-bond donors (Lipinski definition) is 0. The highest BCUT2D eigenvalue weighted by Crippen LogP contribution is 2.31. The van der Waals surface area contributed by atoms with E-state index in [0.29, 0.717) is 36.7 Å². The lowest BCUT2D eigenvalue weighted by molar-refractivity contribution is 0.0996. The lowest BCUT2D eigenvalue weighted by atomic mass is 10.0. The molecule has 5 rings (SSSR count). The molecule has 36 heavy (non-hydrogen) atoms. The van der Waals surface area contributed by atoms with E-state index >= 15 is 0 Å². The first-order chi connectivity index (χ1) is 17.5. The Morgan fingerprint density at radius 2 is 1.78 bits per heavy atom. The molecule has 0 fully saturated rings. The largest absolute Gasteiger partial charge is 0.380 e. The molecule has 0 radical (unpaired) electrons. The first-order valence-electron chi connectivity index (χ1n) is 11.9. The van der Waals surface area contributed by atoms with Gasteiger partial charge in [0.05, 0.1) is 27.4 Å². The molecule has 186 valence electrons. The molecule has 9 heteroatoms. The number of carbonyl (C=O) groups excluding carboxylic acids is 1. The van der Waals surface area contributed by atoms with Gasteiger partial charge < -0.3 is 9.30 Å². The minimum Gasteiger partial charge on any atom is -0.380 e. The Balaban J connectivity index is 1.44. The summed E-state index contributed by atoms with van der Waals surface area (Å²) < 4.78 is 36.8. The fourth-order valence-electron chi connectivity index (χ4n) is 4.42. The summed E-state index contributed by atoms with van der Waals surface area (Å²) in [5.41, 5.74) is 3.08. The van der Waals surface area contributed by atoms with E-state index in [9.17, 15) is 13.2 Å². The van der Waals surface area contributed by atoms with Crippen LogP contribution in [0.15, 0.2) is 82.7 Å². The predicted molar refractivity (Wildman–Crippen MR) is 142 cm³/mol. The predicted octanol–water partition coefficient (Wildman–Crippen LogP) is 4.62. The second-order valence-electron chi connectivity index (χ2n) is 8.45. The normalized spacial score (nSPS) is 14.2. The van der Waals surface area contributed by atoms with Crippen LogP contribution in [0.5, 0.6) is 0 Å². The van der Waals surface area contributed by atoms with Gasteiger partial charge in [0.1, 0.15) is 0 Å². The molecule has 0 spiro atoms. The summed E-state index contributed by atoms with van der Waals surface area (Å²) >= 11 is 1.44. The highest BCUT2D eigenvalue weighted by molar-refractivity contribution is 7.92. The van der Waals surface area contributed by atoms with Gasteiger partial charge in [-0.3, -0.25) is 9.10 Å². The molecule has 0 saturated heterocycles. The third-order valence-corrected chi connectivity index (χ3v) is 9.09. The van der Waals surface area contributed by atoms with Crippen LogP contribution in [0.25, 0.3) is 10.2 Å². The first kappa shape index (κ1) is 24.4. The average molecular weight is 522 g/mol. The topological polar surface area (TPSA) is 81.0 Å². The fourth-order valence-corrected chi connectivity index (χ4v) is 7.01. The number of rotatable bonds is 7. The van der Waals surface area contributed by atoms with Crippen molar-refractivity contribution in [1.82, 2.24) is 4.57 Å².